The maximum absolute atomic E-state index is 12.7. The van der Waals surface area contributed by atoms with Gasteiger partial charge in [0.1, 0.15) is 10.7 Å². The molecule has 2 unspecified atom stereocenters. The zero-order valence-corrected chi connectivity index (χ0v) is 15.4. The summed E-state index contributed by atoms with van der Waals surface area (Å²) in [6, 6.07) is 9.75. The number of primary sulfonamides is 1. The number of nitrogens with one attached hydrogen (secondary N) is 1. The lowest BCUT2D eigenvalue weighted by Gasteiger charge is -2.23. The Morgan fingerprint density at radius 2 is 1.73 bits per heavy atom. The first kappa shape index (κ1) is 17.3. The van der Waals surface area contributed by atoms with Crippen molar-refractivity contribution in [2.75, 3.05) is 0 Å². The van der Waals surface area contributed by atoms with Gasteiger partial charge >= 0.3 is 0 Å². The van der Waals surface area contributed by atoms with Crippen LogP contribution >= 0.6 is 0 Å². The van der Waals surface area contributed by atoms with Gasteiger partial charge in [0.2, 0.25) is 10.0 Å². The molecule has 1 fully saturated rings. The topological polar surface area (TPSA) is 102 Å². The Morgan fingerprint density at radius 3 is 2.23 bits per heavy atom. The van der Waals surface area contributed by atoms with Gasteiger partial charge in [-0.1, -0.05) is 24.3 Å². The van der Waals surface area contributed by atoms with Crippen molar-refractivity contribution in [1.29, 1.82) is 0 Å². The maximum Gasteiger partial charge on any atom is 0.287 e. The second-order valence-electron chi connectivity index (χ2n) is 7.35. The molecule has 1 aromatic carbocycles. The van der Waals surface area contributed by atoms with Gasteiger partial charge in [0, 0.05) is 12.1 Å². The van der Waals surface area contributed by atoms with Crippen LogP contribution in [0.25, 0.3) is 0 Å². The molecule has 138 valence electrons. The van der Waals surface area contributed by atoms with E-state index in [1.165, 1.54) is 24.1 Å². The minimum Gasteiger partial charge on any atom is -0.455 e. The molecular formula is C19H22N2O4S. The van der Waals surface area contributed by atoms with E-state index >= 15 is 0 Å². The lowest BCUT2D eigenvalue weighted by molar-refractivity contribution is 0.0887. The van der Waals surface area contributed by atoms with Crippen molar-refractivity contribution in [3.05, 3.63) is 53.0 Å². The van der Waals surface area contributed by atoms with Gasteiger partial charge < -0.3 is 9.73 Å². The number of hydrogen-bond donors (Lipinski definition) is 2. The molecule has 0 aliphatic heterocycles. The fourth-order valence-electron chi connectivity index (χ4n) is 4.47. The van der Waals surface area contributed by atoms with Crippen LogP contribution < -0.4 is 10.5 Å². The van der Waals surface area contributed by atoms with Gasteiger partial charge in [-0.15, -0.1) is 0 Å². The summed E-state index contributed by atoms with van der Waals surface area (Å²) in [6.45, 7) is 1.49. The summed E-state index contributed by atoms with van der Waals surface area (Å²) in [4.78, 5) is 12.5. The molecule has 7 heteroatoms. The third-order valence-corrected chi connectivity index (χ3v) is 6.73. The van der Waals surface area contributed by atoms with Crippen LogP contribution in [-0.2, 0) is 22.9 Å². The number of carbonyl (C=O) groups is 1. The summed E-state index contributed by atoms with van der Waals surface area (Å²) in [6.07, 6.45) is 4.08. The van der Waals surface area contributed by atoms with Crippen LogP contribution in [0.4, 0.5) is 0 Å². The third-order valence-electron chi connectivity index (χ3n) is 5.71. The van der Waals surface area contributed by atoms with Crippen molar-refractivity contribution >= 4 is 15.9 Å². The summed E-state index contributed by atoms with van der Waals surface area (Å²) in [5, 5.41) is 8.26. The highest BCUT2D eigenvalue weighted by Crippen LogP contribution is 2.40. The van der Waals surface area contributed by atoms with E-state index in [0.29, 0.717) is 11.8 Å². The molecule has 2 aliphatic rings. The number of hydrogen-bond acceptors (Lipinski definition) is 4. The SMILES string of the molecule is Cc1oc(C(=O)NC2C3CCC2Cc2ccccc2C3)cc1S(N)(=O)=O. The quantitative estimate of drug-likeness (QED) is 0.859. The molecule has 2 aromatic rings. The van der Waals surface area contributed by atoms with Gasteiger partial charge in [-0.05, 0) is 55.6 Å². The number of amides is 1. The third kappa shape index (κ3) is 3.05. The zero-order chi connectivity index (χ0) is 18.5. The first-order valence-corrected chi connectivity index (χ1v) is 10.4. The number of aryl methyl sites for hydroxylation is 1. The molecule has 2 aliphatic carbocycles. The number of carbonyl (C=O) groups excluding carboxylic acids is 1. The highest BCUT2D eigenvalue weighted by molar-refractivity contribution is 7.89. The molecule has 2 bridgehead atoms. The number of rotatable bonds is 3. The molecule has 1 aromatic heterocycles. The van der Waals surface area contributed by atoms with Gasteiger partial charge in [-0.3, -0.25) is 4.79 Å². The first-order valence-electron chi connectivity index (χ1n) is 8.84. The molecular weight excluding hydrogens is 352 g/mol. The van der Waals surface area contributed by atoms with Crippen molar-refractivity contribution in [3.63, 3.8) is 0 Å². The lowest BCUT2D eigenvalue weighted by atomic mass is 9.94. The summed E-state index contributed by atoms with van der Waals surface area (Å²) in [7, 11) is -3.90. The average molecular weight is 374 g/mol. The summed E-state index contributed by atoms with van der Waals surface area (Å²) < 4.78 is 28.5. The van der Waals surface area contributed by atoms with Gasteiger partial charge in [0.25, 0.3) is 5.91 Å². The van der Waals surface area contributed by atoms with Crippen LogP contribution in [-0.4, -0.2) is 20.4 Å². The minimum absolute atomic E-state index is 0.00677. The average Bonchev–Trinajstić information content (AvgIpc) is 3.08. The highest BCUT2D eigenvalue weighted by atomic mass is 32.2. The van der Waals surface area contributed by atoms with Gasteiger partial charge in [0.05, 0.1) is 0 Å². The Balaban J connectivity index is 1.56. The van der Waals surface area contributed by atoms with E-state index in [1.54, 1.807) is 0 Å². The second-order valence-corrected chi connectivity index (χ2v) is 8.88. The normalized spacial score (nSPS) is 24.8. The Kier molecular flexibility index (Phi) is 4.16. The molecule has 4 rings (SSSR count). The standard InChI is InChI=1S/C19H22N2O4S/c1-11-17(26(20,23)24)10-16(25-11)19(22)21-18-14-6-7-15(18)9-13-5-3-2-4-12(13)8-14/h2-5,10,14-15,18H,6-9H2,1H3,(H,21,22)(H2,20,23,24). The molecule has 26 heavy (non-hydrogen) atoms. The van der Waals surface area contributed by atoms with E-state index in [1.807, 2.05) is 0 Å². The predicted octanol–water partition coefficient (Wildman–Crippen LogP) is 2.16. The molecule has 1 saturated carbocycles. The van der Waals surface area contributed by atoms with Crippen molar-refractivity contribution < 1.29 is 17.6 Å². The predicted molar refractivity (Wildman–Crippen MR) is 96.1 cm³/mol. The van der Waals surface area contributed by atoms with E-state index in [-0.39, 0.29) is 28.4 Å². The van der Waals surface area contributed by atoms with Crippen molar-refractivity contribution in [2.45, 2.75) is 43.5 Å². The summed E-state index contributed by atoms with van der Waals surface area (Å²) >= 11 is 0. The van der Waals surface area contributed by atoms with E-state index in [9.17, 15) is 13.2 Å². The van der Waals surface area contributed by atoms with E-state index in [2.05, 4.69) is 29.6 Å². The van der Waals surface area contributed by atoms with E-state index in [0.717, 1.165) is 25.7 Å². The van der Waals surface area contributed by atoms with E-state index in [4.69, 9.17) is 9.56 Å². The molecule has 6 nitrogen and oxygen atoms in total. The van der Waals surface area contributed by atoms with Crippen molar-refractivity contribution in [1.82, 2.24) is 5.32 Å². The fraction of sp³-hybridized carbons (Fsp3) is 0.421. The maximum atomic E-state index is 12.7. The lowest BCUT2D eigenvalue weighted by Crippen LogP contribution is -2.41. The summed E-state index contributed by atoms with van der Waals surface area (Å²) in [5.41, 5.74) is 2.73. The minimum atomic E-state index is -3.90. The van der Waals surface area contributed by atoms with Crippen LogP contribution in [0.2, 0.25) is 0 Å². The highest BCUT2D eigenvalue weighted by Gasteiger charge is 2.40. The molecule has 2 atom stereocenters. The van der Waals surface area contributed by atoms with E-state index < -0.39 is 10.0 Å². The molecule has 0 saturated heterocycles. The van der Waals surface area contributed by atoms with Gasteiger partial charge in [-0.25, -0.2) is 13.6 Å². The summed E-state index contributed by atoms with van der Waals surface area (Å²) in [5.74, 6) is 0.528. The Bertz CT molecular complexity index is 931. The smallest absolute Gasteiger partial charge is 0.287 e. The molecule has 0 spiro atoms. The molecule has 3 N–H and O–H groups in total. The largest absolute Gasteiger partial charge is 0.455 e. The number of nitrogens with two attached hydrogens (primary N) is 1. The van der Waals surface area contributed by atoms with Crippen LogP contribution in [0.3, 0.4) is 0 Å². The Labute approximate surface area is 152 Å². The van der Waals surface area contributed by atoms with Crippen LogP contribution in [0.5, 0.6) is 0 Å². The fourth-order valence-corrected chi connectivity index (χ4v) is 5.18. The Hall–Kier alpha value is -2.12. The number of benzene rings is 1. The van der Waals surface area contributed by atoms with Crippen LogP contribution in [0.1, 0.15) is 40.3 Å². The van der Waals surface area contributed by atoms with Gasteiger partial charge in [-0.2, -0.15) is 0 Å². The number of fused-ring (bicyclic) bond motifs is 3. The number of sulfonamides is 1. The Morgan fingerprint density at radius 1 is 1.15 bits per heavy atom. The van der Waals surface area contributed by atoms with Crippen molar-refractivity contribution in [3.8, 4) is 0 Å². The molecule has 1 heterocycles. The zero-order valence-electron chi connectivity index (χ0n) is 14.6. The molecule has 1 amide bonds. The van der Waals surface area contributed by atoms with Gasteiger partial charge in [0.15, 0.2) is 5.76 Å². The van der Waals surface area contributed by atoms with Crippen LogP contribution in [0.15, 0.2) is 39.6 Å². The van der Waals surface area contributed by atoms with Crippen molar-refractivity contribution in [2.24, 2.45) is 17.0 Å². The first-order chi connectivity index (χ1) is 12.3. The molecule has 0 radical (unpaired) electrons. The van der Waals surface area contributed by atoms with Crippen LogP contribution in [0, 0.1) is 18.8 Å². The monoisotopic (exact) mass is 374 g/mol. The second kappa shape index (κ2) is 6.25. The number of furan rings is 1.